The lowest BCUT2D eigenvalue weighted by Gasteiger charge is -2.16. The lowest BCUT2D eigenvalue weighted by molar-refractivity contribution is -0.116. The zero-order valence-electron chi connectivity index (χ0n) is 17.1. The molecule has 0 saturated heterocycles. The van der Waals surface area contributed by atoms with Crippen LogP contribution >= 0.6 is 0 Å². The molecule has 1 N–H and O–H groups in total. The van der Waals surface area contributed by atoms with Crippen LogP contribution in [0.5, 0.6) is 5.75 Å². The molecule has 0 aliphatic carbocycles. The van der Waals surface area contributed by atoms with Gasteiger partial charge in [-0.2, -0.15) is 0 Å². The second-order valence-corrected chi connectivity index (χ2v) is 8.94. The number of nitrogens with zero attached hydrogens (tertiary/aromatic N) is 1. The van der Waals surface area contributed by atoms with Gasteiger partial charge in [0.15, 0.2) is 0 Å². The van der Waals surface area contributed by atoms with Crippen molar-refractivity contribution in [2.45, 2.75) is 38.5 Å². The van der Waals surface area contributed by atoms with E-state index < -0.39 is 10.0 Å². The van der Waals surface area contributed by atoms with Crippen molar-refractivity contribution in [2.24, 2.45) is 0 Å². The molecular formula is C21H28N2O4S. The quantitative estimate of drug-likeness (QED) is 0.730. The molecule has 0 aliphatic rings. The Morgan fingerprint density at radius 2 is 1.82 bits per heavy atom. The summed E-state index contributed by atoms with van der Waals surface area (Å²) in [5, 5.41) is 2.86. The van der Waals surface area contributed by atoms with Crippen molar-refractivity contribution in [3.8, 4) is 5.75 Å². The highest BCUT2D eigenvalue weighted by Crippen LogP contribution is 2.26. The molecule has 0 spiro atoms. The topological polar surface area (TPSA) is 75.7 Å². The second kappa shape index (κ2) is 9.21. The fourth-order valence-corrected chi connectivity index (χ4v) is 3.80. The Bertz CT molecular complexity index is 953. The van der Waals surface area contributed by atoms with E-state index in [2.05, 4.69) is 5.32 Å². The van der Waals surface area contributed by atoms with Crippen molar-refractivity contribution in [1.29, 1.82) is 0 Å². The first-order chi connectivity index (χ1) is 13.2. The van der Waals surface area contributed by atoms with E-state index in [-0.39, 0.29) is 17.2 Å². The van der Waals surface area contributed by atoms with Crippen LogP contribution in [0.3, 0.4) is 0 Å². The number of hydrogen-bond acceptors (Lipinski definition) is 4. The number of benzene rings is 2. The molecule has 0 fully saturated rings. The molecule has 0 bridgehead atoms. The highest BCUT2D eigenvalue weighted by atomic mass is 32.2. The van der Waals surface area contributed by atoms with Gasteiger partial charge in [-0.3, -0.25) is 4.79 Å². The summed E-state index contributed by atoms with van der Waals surface area (Å²) < 4.78 is 31.6. The first kappa shape index (κ1) is 21.9. The van der Waals surface area contributed by atoms with Gasteiger partial charge in [0.25, 0.3) is 0 Å². The van der Waals surface area contributed by atoms with E-state index in [0.29, 0.717) is 18.7 Å². The molecule has 28 heavy (non-hydrogen) atoms. The second-order valence-electron chi connectivity index (χ2n) is 6.79. The highest BCUT2D eigenvalue weighted by molar-refractivity contribution is 7.89. The zero-order valence-corrected chi connectivity index (χ0v) is 17.9. The van der Waals surface area contributed by atoms with Crippen LogP contribution in [0, 0.1) is 13.8 Å². The molecule has 0 aromatic heterocycles. The summed E-state index contributed by atoms with van der Waals surface area (Å²) in [4.78, 5) is 12.7. The van der Waals surface area contributed by atoms with Crippen LogP contribution in [0.15, 0.2) is 41.3 Å². The van der Waals surface area contributed by atoms with Crippen molar-refractivity contribution in [3.63, 3.8) is 0 Å². The Morgan fingerprint density at radius 3 is 2.46 bits per heavy atom. The summed E-state index contributed by atoms with van der Waals surface area (Å²) in [5.74, 6) is 0.608. The molecule has 1 amide bonds. The van der Waals surface area contributed by atoms with Crippen LogP contribution in [-0.2, 0) is 21.2 Å². The van der Waals surface area contributed by atoms with Crippen molar-refractivity contribution in [3.05, 3.63) is 53.1 Å². The van der Waals surface area contributed by atoms with Gasteiger partial charge in [0.1, 0.15) is 5.75 Å². The normalized spacial score (nSPS) is 11.5. The summed E-state index contributed by atoms with van der Waals surface area (Å²) in [6.07, 6.45) is 0.808. The molecule has 0 radical (unpaired) electrons. The number of para-hydroxylation sites is 1. The Labute approximate surface area is 167 Å². The molecule has 152 valence electrons. The number of anilines is 1. The maximum absolute atomic E-state index is 12.5. The summed E-state index contributed by atoms with van der Waals surface area (Å²) >= 11 is 0. The van der Waals surface area contributed by atoms with Gasteiger partial charge < -0.3 is 10.1 Å². The molecular weight excluding hydrogens is 376 g/mol. The Hall–Kier alpha value is -2.38. The molecule has 0 aliphatic heterocycles. The van der Waals surface area contributed by atoms with Gasteiger partial charge in [0.2, 0.25) is 15.9 Å². The van der Waals surface area contributed by atoms with Gasteiger partial charge in [0.05, 0.1) is 11.5 Å². The number of amides is 1. The molecule has 0 atom stereocenters. The van der Waals surface area contributed by atoms with Crippen molar-refractivity contribution >= 4 is 21.6 Å². The SMILES string of the molecule is CCOc1ccccc1CCC(=O)Nc1cc(S(=O)(=O)N(C)C)cc(C)c1C. The number of carbonyl (C=O) groups is 1. The molecule has 0 saturated carbocycles. The molecule has 2 rings (SSSR count). The Kier molecular flexibility index (Phi) is 7.21. The van der Waals surface area contributed by atoms with Crippen molar-refractivity contribution in [2.75, 3.05) is 26.0 Å². The number of ether oxygens (including phenoxy) is 1. The summed E-state index contributed by atoms with van der Waals surface area (Å²) in [6.45, 7) is 6.18. The Balaban J connectivity index is 2.17. The number of nitrogens with one attached hydrogen (secondary N) is 1. The molecule has 2 aromatic rings. The summed E-state index contributed by atoms with van der Waals surface area (Å²) in [5.41, 5.74) is 3.14. The predicted octanol–water partition coefficient (Wildman–Crippen LogP) is 3.52. The van der Waals surface area contributed by atoms with Crippen LogP contribution in [0.2, 0.25) is 0 Å². The van der Waals surface area contributed by atoms with E-state index in [1.54, 1.807) is 6.07 Å². The van der Waals surface area contributed by atoms with Crippen LogP contribution in [0.25, 0.3) is 0 Å². The lowest BCUT2D eigenvalue weighted by atomic mass is 10.1. The van der Waals surface area contributed by atoms with Crippen LogP contribution < -0.4 is 10.1 Å². The minimum Gasteiger partial charge on any atom is -0.494 e. The van der Waals surface area contributed by atoms with E-state index in [9.17, 15) is 13.2 Å². The third-order valence-corrected chi connectivity index (χ3v) is 6.38. The van der Waals surface area contributed by atoms with E-state index in [1.165, 1.54) is 20.2 Å². The third kappa shape index (κ3) is 5.11. The maximum Gasteiger partial charge on any atom is 0.242 e. The molecule has 0 unspecified atom stereocenters. The standard InChI is InChI=1S/C21H28N2O4S/c1-6-27-20-10-8-7-9-17(20)11-12-21(24)22-19-14-18(13-15(2)16(19)3)28(25,26)23(4)5/h7-10,13-14H,6,11-12H2,1-5H3,(H,22,24). The van der Waals surface area contributed by atoms with Gasteiger partial charge in [-0.25, -0.2) is 12.7 Å². The average molecular weight is 405 g/mol. The van der Waals surface area contributed by atoms with E-state index in [4.69, 9.17) is 4.74 Å². The molecule has 2 aromatic carbocycles. The van der Waals surface area contributed by atoms with Gasteiger partial charge in [-0.1, -0.05) is 18.2 Å². The maximum atomic E-state index is 12.5. The molecule has 7 heteroatoms. The number of rotatable bonds is 8. The third-order valence-electron chi connectivity index (χ3n) is 4.59. The zero-order chi connectivity index (χ0) is 20.9. The monoisotopic (exact) mass is 404 g/mol. The van der Waals surface area contributed by atoms with E-state index >= 15 is 0 Å². The van der Waals surface area contributed by atoms with Crippen LogP contribution in [-0.4, -0.2) is 39.3 Å². The predicted molar refractivity (Wildman–Crippen MR) is 111 cm³/mol. The van der Waals surface area contributed by atoms with Gasteiger partial charge in [-0.15, -0.1) is 0 Å². The Morgan fingerprint density at radius 1 is 1.14 bits per heavy atom. The minimum atomic E-state index is -3.58. The first-order valence-corrected chi connectivity index (χ1v) is 10.6. The van der Waals surface area contributed by atoms with Gasteiger partial charge >= 0.3 is 0 Å². The highest BCUT2D eigenvalue weighted by Gasteiger charge is 2.20. The van der Waals surface area contributed by atoms with Crippen molar-refractivity contribution < 1.29 is 17.9 Å². The summed E-state index contributed by atoms with van der Waals surface area (Å²) in [6, 6.07) is 10.8. The van der Waals surface area contributed by atoms with E-state index in [0.717, 1.165) is 26.7 Å². The van der Waals surface area contributed by atoms with Gasteiger partial charge in [-0.05, 0) is 62.1 Å². The number of carbonyl (C=O) groups excluding carboxylic acids is 1. The van der Waals surface area contributed by atoms with Gasteiger partial charge in [0, 0.05) is 26.2 Å². The van der Waals surface area contributed by atoms with Crippen LogP contribution in [0.1, 0.15) is 30.0 Å². The fraction of sp³-hybridized carbons (Fsp3) is 0.381. The fourth-order valence-electron chi connectivity index (χ4n) is 2.78. The van der Waals surface area contributed by atoms with Crippen molar-refractivity contribution in [1.82, 2.24) is 4.31 Å². The smallest absolute Gasteiger partial charge is 0.242 e. The number of aryl methyl sites for hydroxylation is 2. The minimum absolute atomic E-state index is 0.164. The average Bonchev–Trinajstić information content (AvgIpc) is 2.64. The first-order valence-electron chi connectivity index (χ1n) is 9.21. The lowest BCUT2D eigenvalue weighted by Crippen LogP contribution is -2.23. The largest absolute Gasteiger partial charge is 0.494 e. The molecule has 0 heterocycles. The number of sulfonamides is 1. The van der Waals surface area contributed by atoms with E-state index in [1.807, 2.05) is 45.0 Å². The summed E-state index contributed by atoms with van der Waals surface area (Å²) in [7, 11) is -0.607. The molecule has 6 nitrogen and oxygen atoms in total. The van der Waals surface area contributed by atoms with Crippen LogP contribution in [0.4, 0.5) is 5.69 Å². The number of hydrogen-bond donors (Lipinski definition) is 1.